The van der Waals surface area contributed by atoms with Crippen molar-refractivity contribution in [2.24, 2.45) is 4.99 Å². The van der Waals surface area contributed by atoms with Crippen LogP contribution in [0.4, 0.5) is 5.69 Å². The van der Waals surface area contributed by atoms with E-state index in [9.17, 15) is 4.79 Å². The zero-order chi connectivity index (χ0) is 14.1. The van der Waals surface area contributed by atoms with Gasteiger partial charge in [0.25, 0.3) is 0 Å². The Morgan fingerprint density at radius 1 is 1.25 bits per heavy atom. The van der Waals surface area contributed by atoms with Crippen LogP contribution in [-0.4, -0.2) is 23.1 Å². The molecule has 1 aromatic heterocycles. The summed E-state index contributed by atoms with van der Waals surface area (Å²) in [6.45, 7) is 4.26. The van der Waals surface area contributed by atoms with Gasteiger partial charge in [-0.05, 0) is 13.3 Å². The summed E-state index contributed by atoms with van der Waals surface area (Å²) in [6.07, 6.45) is 0.846. The smallest absolute Gasteiger partial charge is 0.246 e. The summed E-state index contributed by atoms with van der Waals surface area (Å²) in [6, 6.07) is 10.0. The van der Waals surface area contributed by atoms with E-state index in [2.05, 4.69) is 22.2 Å². The van der Waals surface area contributed by atoms with Gasteiger partial charge in [-0.3, -0.25) is 9.79 Å². The molecule has 0 atom stereocenters. The van der Waals surface area contributed by atoms with Crippen LogP contribution >= 0.6 is 0 Å². The average molecular weight is 267 g/mol. The van der Waals surface area contributed by atoms with E-state index < -0.39 is 0 Å². The van der Waals surface area contributed by atoms with Crippen molar-refractivity contribution in [2.75, 3.05) is 11.9 Å². The van der Waals surface area contributed by atoms with E-state index in [0.29, 0.717) is 0 Å². The lowest BCUT2D eigenvalue weighted by atomic mass is 10.0. The van der Waals surface area contributed by atoms with Crippen molar-refractivity contribution >= 4 is 17.3 Å². The van der Waals surface area contributed by atoms with Crippen LogP contribution in [0.2, 0.25) is 0 Å². The molecule has 1 aliphatic heterocycles. The molecular weight excluding hydrogens is 250 g/mol. The number of nitrogens with zero attached hydrogens (tertiary/aromatic N) is 1. The third-order valence-electron chi connectivity index (χ3n) is 3.55. The standard InChI is InChI=1S/C16H17N3O/c1-3-12-16-14(10(2)18-12)15(17-9-13(20)19-16)11-7-5-4-6-8-11/h4-8,18H,3,9H2,1-2H3,(H,19,20). The first-order chi connectivity index (χ1) is 9.70. The molecule has 0 fully saturated rings. The summed E-state index contributed by atoms with van der Waals surface area (Å²) in [5.41, 5.74) is 5.91. The van der Waals surface area contributed by atoms with Gasteiger partial charge in [-0.15, -0.1) is 0 Å². The van der Waals surface area contributed by atoms with Crippen LogP contribution in [0.3, 0.4) is 0 Å². The molecule has 3 rings (SSSR count). The molecule has 1 aliphatic rings. The van der Waals surface area contributed by atoms with Gasteiger partial charge in [0, 0.05) is 22.5 Å². The predicted molar refractivity (Wildman–Crippen MR) is 80.5 cm³/mol. The van der Waals surface area contributed by atoms with Gasteiger partial charge >= 0.3 is 0 Å². The number of amides is 1. The molecule has 0 saturated heterocycles. The summed E-state index contributed by atoms with van der Waals surface area (Å²) in [4.78, 5) is 19.7. The summed E-state index contributed by atoms with van der Waals surface area (Å²) >= 11 is 0. The van der Waals surface area contributed by atoms with Gasteiger partial charge in [0.05, 0.1) is 11.4 Å². The fraction of sp³-hybridized carbons (Fsp3) is 0.250. The monoisotopic (exact) mass is 267 g/mol. The molecule has 4 heteroatoms. The highest BCUT2D eigenvalue weighted by atomic mass is 16.1. The second kappa shape index (κ2) is 4.96. The number of hydrogen-bond donors (Lipinski definition) is 2. The van der Waals surface area contributed by atoms with Gasteiger partial charge in [-0.1, -0.05) is 37.3 Å². The minimum atomic E-state index is -0.0640. The zero-order valence-electron chi connectivity index (χ0n) is 11.7. The molecule has 20 heavy (non-hydrogen) atoms. The molecule has 0 radical (unpaired) electrons. The fourth-order valence-corrected chi connectivity index (χ4v) is 2.63. The molecule has 2 aromatic rings. The molecule has 0 aliphatic carbocycles. The van der Waals surface area contributed by atoms with Crippen LogP contribution in [-0.2, 0) is 11.2 Å². The van der Waals surface area contributed by atoms with Crippen molar-refractivity contribution in [3.05, 3.63) is 52.8 Å². The van der Waals surface area contributed by atoms with Crippen LogP contribution in [0.15, 0.2) is 35.3 Å². The molecule has 1 aromatic carbocycles. The molecule has 1 amide bonds. The molecule has 0 unspecified atom stereocenters. The van der Waals surface area contributed by atoms with Crippen LogP contribution < -0.4 is 5.32 Å². The van der Waals surface area contributed by atoms with E-state index in [-0.39, 0.29) is 12.5 Å². The van der Waals surface area contributed by atoms with Gasteiger partial charge in [-0.2, -0.15) is 0 Å². The summed E-state index contributed by atoms with van der Waals surface area (Å²) < 4.78 is 0. The Morgan fingerprint density at radius 2 is 2.00 bits per heavy atom. The van der Waals surface area contributed by atoms with Crippen molar-refractivity contribution in [1.29, 1.82) is 0 Å². The molecule has 2 heterocycles. The van der Waals surface area contributed by atoms with E-state index >= 15 is 0 Å². The number of carbonyl (C=O) groups excluding carboxylic acids is 1. The van der Waals surface area contributed by atoms with Crippen molar-refractivity contribution in [2.45, 2.75) is 20.3 Å². The molecule has 2 N–H and O–H groups in total. The van der Waals surface area contributed by atoms with Gasteiger partial charge in [-0.25, -0.2) is 0 Å². The third-order valence-corrected chi connectivity index (χ3v) is 3.55. The molecule has 0 saturated carbocycles. The topological polar surface area (TPSA) is 57.2 Å². The Kier molecular flexibility index (Phi) is 3.14. The molecule has 4 nitrogen and oxygen atoms in total. The van der Waals surface area contributed by atoms with E-state index in [0.717, 1.165) is 40.3 Å². The highest BCUT2D eigenvalue weighted by molar-refractivity contribution is 6.20. The quantitative estimate of drug-likeness (QED) is 0.863. The highest BCUT2D eigenvalue weighted by Gasteiger charge is 2.24. The Labute approximate surface area is 117 Å². The van der Waals surface area contributed by atoms with Gasteiger partial charge in [0.2, 0.25) is 5.91 Å². The number of fused-ring (bicyclic) bond motifs is 1. The number of H-pyrrole nitrogens is 1. The second-order valence-corrected chi connectivity index (χ2v) is 4.91. The minimum Gasteiger partial charge on any atom is -0.360 e. The number of aliphatic imine (C=N–C) groups is 1. The zero-order valence-corrected chi connectivity index (χ0v) is 11.7. The fourth-order valence-electron chi connectivity index (χ4n) is 2.63. The Morgan fingerprint density at radius 3 is 2.70 bits per heavy atom. The van der Waals surface area contributed by atoms with Gasteiger partial charge in [0.1, 0.15) is 6.54 Å². The van der Waals surface area contributed by atoms with Crippen LogP contribution in [0, 0.1) is 6.92 Å². The Balaban J connectivity index is 2.22. The molecule has 0 bridgehead atoms. The van der Waals surface area contributed by atoms with Crippen molar-refractivity contribution in [3.8, 4) is 0 Å². The highest BCUT2D eigenvalue weighted by Crippen LogP contribution is 2.29. The number of rotatable bonds is 2. The lowest BCUT2D eigenvalue weighted by molar-refractivity contribution is -0.114. The number of anilines is 1. The van der Waals surface area contributed by atoms with Crippen molar-refractivity contribution in [3.63, 3.8) is 0 Å². The van der Waals surface area contributed by atoms with E-state index in [1.807, 2.05) is 37.3 Å². The van der Waals surface area contributed by atoms with Gasteiger partial charge < -0.3 is 10.3 Å². The Bertz CT molecular complexity index is 683. The first kappa shape index (κ1) is 12.7. The number of carbonyl (C=O) groups is 1. The molecule has 102 valence electrons. The van der Waals surface area contributed by atoms with E-state index in [1.165, 1.54) is 0 Å². The maximum atomic E-state index is 11.9. The minimum absolute atomic E-state index is 0.0640. The van der Waals surface area contributed by atoms with Gasteiger partial charge in [0.15, 0.2) is 0 Å². The number of hydrogen-bond acceptors (Lipinski definition) is 2. The lowest BCUT2D eigenvalue weighted by Gasteiger charge is -2.07. The first-order valence-electron chi connectivity index (χ1n) is 6.82. The maximum Gasteiger partial charge on any atom is 0.246 e. The van der Waals surface area contributed by atoms with Crippen LogP contribution in [0.5, 0.6) is 0 Å². The number of aromatic amines is 1. The average Bonchev–Trinajstić information content (AvgIpc) is 2.67. The van der Waals surface area contributed by atoms with E-state index in [1.54, 1.807) is 0 Å². The largest absolute Gasteiger partial charge is 0.360 e. The number of aryl methyl sites for hydroxylation is 2. The summed E-state index contributed by atoms with van der Waals surface area (Å²) in [5.74, 6) is -0.0640. The van der Waals surface area contributed by atoms with Crippen LogP contribution in [0.25, 0.3) is 0 Å². The number of benzene rings is 1. The van der Waals surface area contributed by atoms with Crippen molar-refractivity contribution < 1.29 is 4.79 Å². The molecular formula is C16H17N3O. The van der Waals surface area contributed by atoms with Crippen molar-refractivity contribution in [1.82, 2.24) is 4.98 Å². The molecule has 0 spiro atoms. The normalized spacial score (nSPS) is 14.3. The predicted octanol–water partition coefficient (Wildman–Crippen LogP) is 2.68. The second-order valence-electron chi connectivity index (χ2n) is 4.91. The number of aromatic nitrogens is 1. The van der Waals surface area contributed by atoms with Crippen LogP contribution in [0.1, 0.15) is 29.4 Å². The van der Waals surface area contributed by atoms with E-state index in [4.69, 9.17) is 0 Å². The first-order valence-corrected chi connectivity index (χ1v) is 6.82. The number of nitrogens with one attached hydrogen (secondary N) is 2. The summed E-state index contributed by atoms with van der Waals surface area (Å²) in [5, 5.41) is 2.98. The SMILES string of the molecule is CCc1[nH]c(C)c2c1NC(=O)CN=C2c1ccccc1. The summed E-state index contributed by atoms with van der Waals surface area (Å²) in [7, 11) is 0. The maximum absolute atomic E-state index is 11.9. The third kappa shape index (κ3) is 2.03. The Hall–Kier alpha value is -2.36. The lowest BCUT2D eigenvalue weighted by Crippen LogP contribution is -2.14.